The molecule has 0 fully saturated rings. The maximum Gasteiger partial charge on any atom is 0.126 e. The van der Waals surface area contributed by atoms with Gasteiger partial charge in [-0.15, -0.1) is 0 Å². The highest BCUT2D eigenvalue weighted by Gasteiger charge is 2.02. The van der Waals surface area contributed by atoms with E-state index in [4.69, 9.17) is 0 Å². The van der Waals surface area contributed by atoms with Crippen molar-refractivity contribution in [2.24, 2.45) is 0 Å². The van der Waals surface area contributed by atoms with Crippen molar-refractivity contribution >= 4 is 11.8 Å². The Morgan fingerprint density at radius 3 is 2.62 bits per heavy atom. The van der Waals surface area contributed by atoms with Gasteiger partial charge in [0.05, 0.1) is 0 Å². The van der Waals surface area contributed by atoms with Crippen molar-refractivity contribution in [1.82, 2.24) is 9.97 Å². The molecule has 0 aliphatic heterocycles. The van der Waals surface area contributed by atoms with Crippen LogP contribution in [0.15, 0.2) is 40.3 Å². The molecule has 1 heterocycles. The minimum absolute atomic E-state index is 0.271. The Balaban J connectivity index is 2.27. The van der Waals surface area contributed by atoms with Crippen LogP contribution >= 0.6 is 11.8 Å². The molecule has 4 heteroatoms. The molecule has 0 atom stereocenters. The van der Waals surface area contributed by atoms with Crippen LogP contribution in [0.2, 0.25) is 0 Å². The van der Waals surface area contributed by atoms with Gasteiger partial charge in [-0.1, -0.05) is 17.8 Å². The third-order valence-corrected chi connectivity index (χ3v) is 2.89. The number of aromatic nitrogens is 2. The zero-order chi connectivity index (χ0) is 11.5. The molecule has 0 unspecified atom stereocenters. The van der Waals surface area contributed by atoms with Crippen molar-refractivity contribution in [2.45, 2.75) is 23.8 Å². The van der Waals surface area contributed by atoms with E-state index in [-0.39, 0.29) is 5.75 Å². The van der Waals surface area contributed by atoms with Gasteiger partial charge in [-0.25, -0.2) is 9.97 Å². The van der Waals surface area contributed by atoms with Gasteiger partial charge < -0.3 is 5.11 Å². The van der Waals surface area contributed by atoms with Gasteiger partial charge in [0.2, 0.25) is 0 Å². The topological polar surface area (TPSA) is 46.0 Å². The van der Waals surface area contributed by atoms with Gasteiger partial charge in [0, 0.05) is 10.6 Å². The van der Waals surface area contributed by atoms with Crippen molar-refractivity contribution in [3.63, 3.8) is 0 Å². The van der Waals surface area contributed by atoms with E-state index in [0.717, 1.165) is 21.4 Å². The van der Waals surface area contributed by atoms with Crippen LogP contribution < -0.4 is 0 Å². The maximum absolute atomic E-state index is 9.35. The van der Waals surface area contributed by atoms with Crippen LogP contribution in [-0.4, -0.2) is 15.1 Å². The molecule has 1 aromatic carbocycles. The van der Waals surface area contributed by atoms with E-state index in [0.29, 0.717) is 0 Å². The molecule has 16 heavy (non-hydrogen) atoms. The normalized spacial score (nSPS) is 10.4. The summed E-state index contributed by atoms with van der Waals surface area (Å²) < 4.78 is 0. The first-order valence-electron chi connectivity index (χ1n) is 4.92. The van der Waals surface area contributed by atoms with Crippen molar-refractivity contribution in [3.8, 4) is 5.75 Å². The largest absolute Gasteiger partial charge is 0.508 e. The number of nitrogens with zero attached hydrogens (tertiary/aromatic N) is 2. The molecule has 2 rings (SSSR count). The lowest BCUT2D eigenvalue weighted by atomic mass is 10.3. The number of phenolic OH excluding ortho intramolecular Hbond substituents is 1. The average molecular weight is 232 g/mol. The Hall–Kier alpha value is -1.55. The lowest BCUT2D eigenvalue weighted by Gasteiger charge is -2.03. The first-order valence-corrected chi connectivity index (χ1v) is 5.74. The van der Waals surface area contributed by atoms with Gasteiger partial charge in [0.25, 0.3) is 0 Å². The number of rotatable bonds is 2. The Kier molecular flexibility index (Phi) is 3.10. The Morgan fingerprint density at radius 1 is 1.12 bits per heavy atom. The molecule has 82 valence electrons. The van der Waals surface area contributed by atoms with Gasteiger partial charge in [-0.05, 0) is 38.1 Å². The molecule has 0 radical (unpaired) electrons. The first-order chi connectivity index (χ1) is 7.63. The zero-order valence-corrected chi connectivity index (χ0v) is 9.95. The second-order valence-electron chi connectivity index (χ2n) is 3.49. The number of aryl methyl sites for hydroxylation is 2. The number of phenols is 1. The first kappa shape index (κ1) is 11.0. The predicted octanol–water partition coefficient (Wildman–Crippen LogP) is 2.95. The average Bonchev–Trinajstić information content (AvgIpc) is 2.15. The van der Waals surface area contributed by atoms with Gasteiger partial charge in [-0.2, -0.15) is 0 Å². The number of benzene rings is 1. The van der Waals surface area contributed by atoms with Crippen LogP contribution in [0.1, 0.15) is 11.5 Å². The Bertz CT molecular complexity index is 494. The third kappa shape index (κ3) is 2.73. The van der Waals surface area contributed by atoms with E-state index in [2.05, 4.69) is 9.97 Å². The van der Waals surface area contributed by atoms with Crippen LogP contribution in [0.4, 0.5) is 0 Å². The summed E-state index contributed by atoms with van der Waals surface area (Å²) in [5, 5.41) is 10.3. The predicted molar refractivity (Wildman–Crippen MR) is 63.7 cm³/mol. The number of hydrogen-bond acceptors (Lipinski definition) is 4. The van der Waals surface area contributed by atoms with Crippen molar-refractivity contribution in [1.29, 1.82) is 0 Å². The van der Waals surface area contributed by atoms with Crippen LogP contribution in [0.25, 0.3) is 0 Å². The molecule has 0 saturated heterocycles. The molecule has 0 aliphatic carbocycles. The second kappa shape index (κ2) is 4.53. The molecule has 1 aromatic heterocycles. The van der Waals surface area contributed by atoms with E-state index in [1.54, 1.807) is 12.1 Å². The minimum atomic E-state index is 0.271. The lowest BCUT2D eigenvalue weighted by Crippen LogP contribution is -1.92. The smallest absolute Gasteiger partial charge is 0.126 e. The Morgan fingerprint density at radius 2 is 1.94 bits per heavy atom. The van der Waals surface area contributed by atoms with Crippen molar-refractivity contribution < 1.29 is 5.11 Å². The Labute approximate surface area is 98.6 Å². The van der Waals surface area contributed by atoms with E-state index in [1.807, 2.05) is 32.0 Å². The van der Waals surface area contributed by atoms with Crippen LogP contribution in [0, 0.1) is 13.8 Å². The molecule has 0 aliphatic rings. The van der Waals surface area contributed by atoms with Crippen LogP contribution in [-0.2, 0) is 0 Å². The van der Waals surface area contributed by atoms with E-state index in [1.165, 1.54) is 11.8 Å². The van der Waals surface area contributed by atoms with Gasteiger partial charge >= 0.3 is 0 Å². The standard InChI is InChI=1S/C12H12N2OS/c1-8-6-12(14-9(2)13-8)16-11-5-3-4-10(15)7-11/h3-7,15H,1-2H3. The molecule has 1 N–H and O–H groups in total. The quantitative estimate of drug-likeness (QED) is 0.809. The summed E-state index contributed by atoms with van der Waals surface area (Å²) in [7, 11) is 0. The maximum atomic E-state index is 9.35. The third-order valence-electron chi connectivity index (χ3n) is 1.98. The molecule has 0 saturated carbocycles. The highest BCUT2D eigenvalue weighted by molar-refractivity contribution is 7.99. The van der Waals surface area contributed by atoms with E-state index < -0.39 is 0 Å². The lowest BCUT2D eigenvalue weighted by molar-refractivity contribution is 0.474. The molecule has 0 bridgehead atoms. The summed E-state index contributed by atoms with van der Waals surface area (Å²) in [4.78, 5) is 9.52. The fourth-order valence-electron chi connectivity index (χ4n) is 1.40. The molecular weight excluding hydrogens is 220 g/mol. The zero-order valence-electron chi connectivity index (χ0n) is 9.14. The fourth-order valence-corrected chi connectivity index (χ4v) is 2.38. The van der Waals surface area contributed by atoms with Gasteiger partial charge in [-0.3, -0.25) is 0 Å². The molecule has 0 amide bonds. The molecule has 3 nitrogen and oxygen atoms in total. The minimum Gasteiger partial charge on any atom is -0.508 e. The second-order valence-corrected chi connectivity index (χ2v) is 4.59. The van der Waals surface area contributed by atoms with E-state index >= 15 is 0 Å². The monoisotopic (exact) mass is 232 g/mol. The summed E-state index contributed by atoms with van der Waals surface area (Å²) in [6.45, 7) is 3.82. The van der Waals surface area contributed by atoms with Gasteiger partial charge in [0.1, 0.15) is 16.6 Å². The highest BCUT2D eigenvalue weighted by Crippen LogP contribution is 2.28. The number of hydrogen-bond donors (Lipinski definition) is 1. The molecule has 0 spiro atoms. The summed E-state index contributed by atoms with van der Waals surface area (Å²) in [5.41, 5.74) is 0.954. The highest BCUT2D eigenvalue weighted by atomic mass is 32.2. The summed E-state index contributed by atoms with van der Waals surface area (Å²) >= 11 is 1.52. The van der Waals surface area contributed by atoms with Crippen molar-refractivity contribution in [2.75, 3.05) is 0 Å². The molecular formula is C12H12N2OS. The fraction of sp³-hybridized carbons (Fsp3) is 0.167. The van der Waals surface area contributed by atoms with E-state index in [9.17, 15) is 5.11 Å². The summed E-state index contributed by atoms with van der Waals surface area (Å²) in [6.07, 6.45) is 0. The summed E-state index contributed by atoms with van der Waals surface area (Å²) in [5.74, 6) is 1.04. The summed E-state index contributed by atoms with van der Waals surface area (Å²) in [6, 6.07) is 9.06. The van der Waals surface area contributed by atoms with Crippen LogP contribution in [0.5, 0.6) is 5.75 Å². The SMILES string of the molecule is Cc1cc(Sc2cccc(O)c2)nc(C)n1. The van der Waals surface area contributed by atoms with Crippen LogP contribution in [0.3, 0.4) is 0 Å². The molecule has 2 aromatic rings. The van der Waals surface area contributed by atoms with Gasteiger partial charge in [0.15, 0.2) is 0 Å². The number of aromatic hydroxyl groups is 1. The van der Waals surface area contributed by atoms with Crippen molar-refractivity contribution in [3.05, 3.63) is 41.9 Å².